The standard InChI is InChI=1S/C16H19NO2/c1-12(18)11-16(13-5-3-4-6-13)17-14-7-9-15(19-2)10-8-14/h3-10,13,16-17H,11H2,1-2H3/t16-/m0/s1. The fourth-order valence-electron chi connectivity index (χ4n) is 2.21. The van der Waals surface area contributed by atoms with Gasteiger partial charge in [-0.3, -0.25) is 4.79 Å². The third-order valence-electron chi connectivity index (χ3n) is 3.19. The lowest BCUT2D eigenvalue weighted by atomic mass is 9.96. The monoisotopic (exact) mass is 257 g/mol. The minimum Gasteiger partial charge on any atom is -0.497 e. The zero-order chi connectivity index (χ0) is 13.7. The predicted octanol–water partition coefficient (Wildman–Crippen LogP) is 3.20. The molecule has 1 aromatic rings. The summed E-state index contributed by atoms with van der Waals surface area (Å²) < 4.78 is 5.13. The van der Waals surface area contributed by atoms with Gasteiger partial charge in [-0.2, -0.15) is 0 Å². The van der Waals surface area contributed by atoms with Crippen LogP contribution >= 0.6 is 0 Å². The molecule has 0 radical (unpaired) electrons. The molecule has 0 aliphatic heterocycles. The molecule has 0 heterocycles. The minimum absolute atomic E-state index is 0.0981. The van der Waals surface area contributed by atoms with Crippen molar-refractivity contribution in [2.45, 2.75) is 19.4 Å². The second-order valence-corrected chi connectivity index (χ2v) is 4.73. The zero-order valence-electron chi connectivity index (χ0n) is 11.3. The molecule has 0 unspecified atom stereocenters. The summed E-state index contributed by atoms with van der Waals surface area (Å²) >= 11 is 0. The molecule has 3 heteroatoms. The molecule has 19 heavy (non-hydrogen) atoms. The quantitative estimate of drug-likeness (QED) is 0.850. The molecule has 3 nitrogen and oxygen atoms in total. The maximum atomic E-state index is 11.4. The van der Waals surface area contributed by atoms with Gasteiger partial charge in [0.05, 0.1) is 7.11 Å². The highest BCUT2D eigenvalue weighted by Crippen LogP contribution is 2.22. The van der Waals surface area contributed by atoms with Gasteiger partial charge in [0.1, 0.15) is 11.5 Å². The van der Waals surface area contributed by atoms with Crippen LogP contribution in [0, 0.1) is 5.92 Å². The van der Waals surface area contributed by atoms with Gasteiger partial charge >= 0.3 is 0 Å². The van der Waals surface area contributed by atoms with Gasteiger partial charge in [-0.05, 0) is 31.2 Å². The largest absolute Gasteiger partial charge is 0.497 e. The Morgan fingerprint density at radius 3 is 2.42 bits per heavy atom. The van der Waals surface area contributed by atoms with Gasteiger partial charge in [-0.1, -0.05) is 24.3 Å². The number of ketones is 1. The smallest absolute Gasteiger partial charge is 0.131 e. The first-order valence-corrected chi connectivity index (χ1v) is 6.44. The lowest BCUT2D eigenvalue weighted by Gasteiger charge is -2.23. The van der Waals surface area contributed by atoms with E-state index in [-0.39, 0.29) is 17.7 Å². The van der Waals surface area contributed by atoms with Gasteiger partial charge in [-0.15, -0.1) is 0 Å². The summed E-state index contributed by atoms with van der Waals surface area (Å²) in [6.07, 6.45) is 8.79. The molecule has 100 valence electrons. The molecular formula is C16H19NO2. The zero-order valence-corrected chi connectivity index (χ0v) is 11.3. The van der Waals surface area contributed by atoms with Crippen LogP contribution < -0.4 is 10.1 Å². The Morgan fingerprint density at radius 1 is 1.26 bits per heavy atom. The molecule has 0 aromatic heterocycles. The van der Waals surface area contributed by atoms with Crippen molar-refractivity contribution in [2.24, 2.45) is 5.92 Å². The average Bonchev–Trinajstić information content (AvgIpc) is 2.92. The van der Waals surface area contributed by atoms with E-state index in [1.54, 1.807) is 14.0 Å². The van der Waals surface area contributed by atoms with Crippen molar-refractivity contribution in [3.63, 3.8) is 0 Å². The van der Waals surface area contributed by atoms with Crippen LogP contribution in [0.4, 0.5) is 5.69 Å². The Morgan fingerprint density at radius 2 is 1.89 bits per heavy atom. The lowest BCUT2D eigenvalue weighted by Crippen LogP contribution is -2.28. The first-order valence-electron chi connectivity index (χ1n) is 6.44. The van der Waals surface area contributed by atoms with Crippen LogP contribution in [0.5, 0.6) is 5.75 Å². The Kier molecular flexibility index (Phi) is 4.39. The summed E-state index contributed by atoms with van der Waals surface area (Å²) in [6.45, 7) is 1.63. The topological polar surface area (TPSA) is 38.3 Å². The molecule has 1 aromatic carbocycles. The second-order valence-electron chi connectivity index (χ2n) is 4.73. The number of methoxy groups -OCH3 is 1. The number of benzene rings is 1. The third-order valence-corrected chi connectivity index (χ3v) is 3.19. The maximum Gasteiger partial charge on any atom is 0.131 e. The highest BCUT2D eigenvalue weighted by atomic mass is 16.5. The molecule has 0 fully saturated rings. The van der Waals surface area contributed by atoms with Crippen LogP contribution in [0.2, 0.25) is 0 Å². The lowest BCUT2D eigenvalue weighted by molar-refractivity contribution is -0.117. The van der Waals surface area contributed by atoms with E-state index in [4.69, 9.17) is 4.74 Å². The number of nitrogens with one attached hydrogen (secondary N) is 1. The van der Waals surface area contributed by atoms with Crippen LogP contribution in [-0.2, 0) is 4.79 Å². The minimum atomic E-state index is 0.0981. The molecule has 1 N–H and O–H groups in total. The molecular weight excluding hydrogens is 238 g/mol. The van der Waals surface area contributed by atoms with Crippen molar-refractivity contribution < 1.29 is 9.53 Å². The fourth-order valence-corrected chi connectivity index (χ4v) is 2.21. The summed E-state index contributed by atoms with van der Waals surface area (Å²) in [5.74, 6) is 1.29. The molecule has 0 bridgehead atoms. The Balaban J connectivity index is 2.07. The molecule has 1 aliphatic carbocycles. The Hall–Kier alpha value is -2.03. The third kappa shape index (κ3) is 3.71. The molecule has 0 saturated carbocycles. The van der Waals surface area contributed by atoms with Crippen molar-refractivity contribution in [1.82, 2.24) is 0 Å². The van der Waals surface area contributed by atoms with Crippen molar-refractivity contribution in [3.8, 4) is 5.75 Å². The van der Waals surface area contributed by atoms with Gasteiger partial charge in [0.15, 0.2) is 0 Å². The molecule has 2 rings (SSSR count). The molecule has 1 atom stereocenters. The number of carbonyl (C=O) groups excluding carboxylic acids is 1. The summed E-state index contributed by atoms with van der Waals surface area (Å²) in [7, 11) is 1.65. The van der Waals surface area contributed by atoms with Gasteiger partial charge in [0.2, 0.25) is 0 Å². The number of hydrogen-bond acceptors (Lipinski definition) is 3. The van der Waals surface area contributed by atoms with Crippen LogP contribution in [-0.4, -0.2) is 18.9 Å². The van der Waals surface area contributed by atoms with E-state index in [9.17, 15) is 4.79 Å². The van der Waals surface area contributed by atoms with Gasteiger partial charge in [0.25, 0.3) is 0 Å². The van der Waals surface area contributed by atoms with Crippen molar-refractivity contribution in [1.29, 1.82) is 0 Å². The van der Waals surface area contributed by atoms with E-state index in [2.05, 4.69) is 17.5 Å². The number of Topliss-reactive ketones (excluding diaryl/α,β-unsaturated/α-hetero) is 1. The number of ether oxygens (including phenoxy) is 1. The number of anilines is 1. The number of rotatable bonds is 6. The van der Waals surface area contributed by atoms with Crippen molar-refractivity contribution in [3.05, 3.63) is 48.6 Å². The average molecular weight is 257 g/mol. The van der Waals surface area contributed by atoms with E-state index in [1.807, 2.05) is 36.4 Å². The normalized spacial score (nSPS) is 15.5. The van der Waals surface area contributed by atoms with E-state index in [1.165, 1.54) is 0 Å². The first-order chi connectivity index (χ1) is 9.19. The van der Waals surface area contributed by atoms with Crippen LogP contribution in [0.3, 0.4) is 0 Å². The predicted molar refractivity (Wildman–Crippen MR) is 77.5 cm³/mol. The summed E-state index contributed by atoms with van der Waals surface area (Å²) in [5, 5.41) is 3.42. The van der Waals surface area contributed by atoms with Crippen LogP contribution in [0.15, 0.2) is 48.6 Å². The van der Waals surface area contributed by atoms with Crippen LogP contribution in [0.25, 0.3) is 0 Å². The number of allylic oxidation sites excluding steroid dienone is 2. The molecule has 0 saturated heterocycles. The van der Waals surface area contributed by atoms with Gasteiger partial charge in [-0.25, -0.2) is 0 Å². The van der Waals surface area contributed by atoms with Gasteiger partial charge in [0, 0.05) is 24.1 Å². The maximum absolute atomic E-state index is 11.4. The number of hydrogen-bond donors (Lipinski definition) is 1. The summed E-state index contributed by atoms with van der Waals surface area (Å²) in [6, 6.07) is 7.85. The molecule has 0 spiro atoms. The number of carbonyl (C=O) groups is 1. The fraction of sp³-hybridized carbons (Fsp3) is 0.312. The highest BCUT2D eigenvalue weighted by Gasteiger charge is 2.20. The van der Waals surface area contributed by atoms with E-state index < -0.39 is 0 Å². The van der Waals surface area contributed by atoms with Gasteiger partial charge < -0.3 is 10.1 Å². The van der Waals surface area contributed by atoms with Crippen molar-refractivity contribution in [2.75, 3.05) is 12.4 Å². The summed E-state index contributed by atoms with van der Waals surface area (Å²) in [5.41, 5.74) is 1.00. The Labute approximate surface area is 114 Å². The van der Waals surface area contributed by atoms with E-state index in [0.717, 1.165) is 11.4 Å². The summed E-state index contributed by atoms with van der Waals surface area (Å²) in [4.78, 5) is 11.4. The molecule has 0 amide bonds. The van der Waals surface area contributed by atoms with Crippen LogP contribution in [0.1, 0.15) is 13.3 Å². The van der Waals surface area contributed by atoms with E-state index >= 15 is 0 Å². The first kappa shape index (κ1) is 13.4. The van der Waals surface area contributed by atoms with Crippen molar-refractivity contribution >= 4 is 11.5 Å². The molecule has 1 aliphatic rings. The Bertz CT molecular complexity index is 476. The van der Waals surface area contributed by atoms with E-state index in [0.29, 0.717) is 6.42 Å². The second kappa shape index (κ2) is 6.23. The highest BCUT2D eigenvalue weighted by molar-refractivity contribution is 5.76. The SMILES string of the molecule is COc1ccc(N[C@@H](CC(C)=O)C2C=CC=C2)cc1.